The summed E-state index contributed by atoms with van der Waals surface area (Å²) >= 11 is 8.31. The molecule has 0 bridgehead atoms. The summed E-state index contributed by atoms with van der Waals surface area (Å²) in [5.41, 5.74) is 0.801. The zero-order valence-electron chi connectivity index (χ0n) is 13.9. The van der Waals surface area contributed by atoms with E-state index in [-0.39, 0.29) is 10.8 Å². The number of rotatable bonds is 5. The molecule has 0 radical (unpaired) electrons. The molecule has 0 aliphatic rings. The van der Waals surface area contributed by atoms with Crippen molar-refractivity contribution in [1.82, 2.24) is 4.57 Å². The average Bonchev–Trinajstić information content (AvgIpc) is 3.15. The third-order valence-corrected chi connectivity index (χ3v) is 6.95. The molecule has 0 atom stereocenters. The first-order valence-electron chi connectivity index (χ1n) is 7.46. The zero-order valence-corrected chi connectivity index (χ0v) is 17.1. The van der Waals surface area contributed by atoms with Gasteiger partial charge in [-0.2, -0.15) is 4.99 Å². The SMILES string of the molecule is COCCn1c(=NC(=O)c2ccc(Cl)s2)sc2cc(S(C)(=O)=O)ccc21. The van der Waals surface area contributed by atoms with Crippen LogP contribution >= 0.6 is 34.3 Å². The van der Waals surface area contributed by atoms with E-state index in [1.807, 2.05) is 4.57 Å². The fourth-order valence-electron chi connectivity index (χ4n) is 2.34. The molecule has 138 valence electrons. The molecule has 0 saturated carbocycles. The van der Waals surface area contributed by atoms with Crippen LogP contribution < -0.4 is 4.80 Å². The van der Waals surface area contributed by atoms with Gasteiger partial charge in [-0.25, -0.2) is 8.42 Å². The Hall–Kier alpha value is -1.52. The number of nitrogens with zero attached hydrogens (tertiary/aromatic N) is 2. The molecule has 1 amide bonds. The van der Waals surface area contributed by atoms with Gasteiger partial charge in [0, 0.05) is 19.9 Å². The molecule has 0 aliphatic carbocycles. The van der Waals surface area contributed by atoms with Gasteiger partial charge in [0.1, 0.15) is 0 Å². The number of sulfone groups is 1. The van der Waals surface area contributed by atoms with Crippen LogP contribution in [-0.4, -0.2) is 38.9 Å². The molecule has 1 aromatic carbocycles. The van der Waals surface area contributed by atoms with Crippen LogP contribution in [0.2, 0.25) is 4.34 Å². The maximum absolute atomic E-state index is 12.4. The number of aromatic nitrogens is 1. The van der Waals surface area contributed by atoms with Crippen molar-refractivity contribution in [3.8, 4) is 0 Å². The molecule has 10 heteroatoms. The number of benzene rings is 1. The molecule has 0 N–H and O–H groups in total. The fraction of sp³-hybridized carbons (Fsp3) is 0.250. The minimum Gasteiger partial charge on any atom is -0.383 e. The van der Waals surface area contributed by atoms with Gasteiger partial charge < -0.3 is 9.30 Å². The van der Waals surface area contributed by atoms with Gasteiger partial charge >= 0.3 is 0 Å². The lowest BCUT2D eigenvalue weighted by Gasteiger charge is -2.04. The summed E-state index contributed by atoms with van der Waals surface area (Å²) in [6, 6.07) is 8.16. The van der Waals surface area contributed by atoms with Gasteiger partial charge in [-0.05, 0) is 30.3 Å². The first-order valence-corrected chi connectivity index (χ1v) is 11.4. The van der Waals surface area contributed by atoms with Gasteiger partial charge in [0.2, 0.25) is 0 Å². The molecule has 0 saturated heterocycles. The largest absolute Gasteiger partial charge is 0.383 e. The lowest BCUT2D eigenvalue weighted by Crippen LogP contribution is -2.19. The molecular formula is C16H15ClN2O4S3. The normalized spacial score (nSPS) is 12.8. The van der Waals surface area contributed by atoms with Gasteiger partial charge in [-0.1, -0.05) is 22.9 Å². The van der Waals surface area contributed by atoms with E-state index in [4.69, 9.17) is 16.3 Å². The van der Waals surface area contributed by atoms with Gasteiger partial charge in [0.25, 0.3) is 5.91 Å². The predicted molar refractivity (Wildman–Crippen MR) is 104 cm³/mol. The number of fused-ring (bicyclic) bond motifs is 1. The number of amides is 1. The Labute approximate surface area is 163 Å². The summed E-state index contributed by atoms with van der Waals surface area (Å²) in [5, 5.41) is 0. The Morgan fingerprint density at radius 3 is 2.65 bits per heavy atom. The summed E-state index contributed by atoms with van der Waals surface area (Å²) in [6.45, 7) is 0.928. The van der Waals surface area contributed by atoms with Gasteiger partial charge in [-0.15, -0.1) is 11.3 Å². The molecule has 6 nitrogen and oxygen atoms in total. The molecule has 2 aromatic heterocycles. The van der Waals surface area contributed by atoms with Gasteiger partial charge in [0.05, 0.1) is 30.9 Å². The number of hydrogen-bond acceptors (Lipinski definition) is 6. The van der Waals surface area contributed by atoms with Crippen LogP contribution in [0.5, 0.6) is 0 Å². The summed E-state index contributed by atoms with van der Waals surface area (Å²) < 4.78 is 31.8. The number of hydrogen-bond donors (Lipinski definition) is 0. The lowest BCUT2D eigenvalue weighted by molar-refractivity contribution is 0.100. The molecule has 3 rings (SSSR count). The zero-order chi connectivity index (χ0) is 18.9. The number of thiophene rings is 1. The number of carbonyl (C=O) groups excluding carboxylic acids is 1. The van der Waals surface area contributed by atoms with E-state index in [9.17, 15) is 13.2 Å². The van der Waals surface area contributed by atoms with Gasteiger partial charge in [0.15, 0.2) is 14.6 Å². The highest BCUT2D eigenvalue weighted by atomic mass is 35.5. The predicted octanol–water partition coefficient (Wildman–Crippen LogP) is 3.21. The molecule has 0 fully saturated rings. The highest BCUT2D eigenvalue weighted by Gasteiger charge is 2.14. The van der Waals surface area contributed by atoms with Crippen molar-refractivity contribution in [2.24, 2.45) is 4.99 Å². The van der Waals surface area contributed by atoms with Crippen LogP contribution in [0, 0.1) is 0 Å². The minimum absolute atomic E-state index is 0.230. The van der Waals surface area contributed by atoms with Crippen molar-refractivity contribution < 1.29 is 17.9 Å². The molecule has 3 aromatic rings. The summed E-state index contributed by atoms with van der Waals surface area (Å²) in [6.07, 6.45) is 1.16. The van der Waals surface area contributed by atoms with Crippen molar-refractivity contribution in [1.29, 1.82) is 0 Å². The topological polar surface area (TPSA) is 77.7 Å². The first kappa shape index (κ1) is 19.2. The minimum atomic E-state index is -3.32. The third-order valence-electron chi connectivity index (χ3n) is 3.58. The van der Waals surface area contributed by atoms with E-state index < -0.39 is 9.84 Å². The monoisotopic (exact) mass is 430 g/mol. The fourth-order valence-corrected chi connectivity index (χ4v) is 5.08. The second-order valence-electron chi connectivity index (χ2n) is 5.45. The number of halogens is 1. The van der Waals surface area contributed by atoms with E-state index in [0.717, 1.165) is 16.5 Å². The average molecular weight is 431 g/mol. The maximum Gasteiger partial charge on any atom is 0.289 e. The van der Waals surface area contributed by atoms with E-state index >= 15 is 0 Å². The highest BCUT2D eigenvalue weighted by molar-refractivity contribution is 7.90. The van der Waals surface area contributed by atoms with Gasteiger partial charge in [-0.3, -0.25) is 4.79 Å². The van der Waals surface area contributed by atoms with E-state index in [0.29, 0.717) is 27.2 Å². The quantitative estimate of drug-likeness (QED) is 0.622. The number of carbonyl (C=O) groups is 1. The number of methoxy groups -OCH3 is 1. The molecule has 0 spiro atoms. The summed E-state index contributed by atoms with van der Waals surface area (Å²) in [4.78, 5) is 17.8. The van der Waals surface area contributed by atoms with Crippen LogP contribution in [0.15, 0.2) is 40.2 Å². The Balaban J connectivity index is 2.16. The number of ether oxygens (including phenoxy) is 1. The van der Waals surface area contributed by atoms with E-state index in [1.165, 1.54) is 22.7 Å². The molecule has 0 unspecified atom stereocenters. The van der Waals surface area contributed by atoms with Crippen molar-refractivity contribution in [3.63, 3.8) is 0 Å². The van der Waals surface area contributed by atoms with Crippen LogP contribution in [0.4, 0.5) is 0 Å². The summed E-state index contributed by atoms with van der Waals surface area (Å²) in [5.74, 6) is -0.386. The van der Waals surface area contributed by atoms with Crippen LogP contribution in [-0.2, 0) is 21.1 Å². The second-order valence-corrected chi connectivity index (χ2v) is 10.2. The smallest absolute Gasteiger partial charge is 0.289 e. The molecule has 2 heterocycles. The Morgan fingerprint density at radius 2 is 2.04 bits per heavy atom. The maximum atomic E-state index is 12.4. The van der Waals surface area contributed by atoms with E-state index in [1.54, 1.807) is 37.4 Å². The van der Waals surface area contributed by atoms with Crippen molar-refractivity contribution in [2.45, 2.75) is 11.4 Å². The van der Waals surface area contributed by atoms with Crippen molar-refractivity contribution >= 4 is 60.2 Å². The third kappa shape index (κ3) is 4.07. The number of thiazole rings is 1. The standard InChI is InChI=1S/C16H15ClN2O4S3/c1-23-8-7-19-11-4-3-10(26(2,21)22)9-13(11)25-16(19)18-15(20)12-5-6-14(17)24-12/h3-6,9H,7-8H2,1-2H3. The van der Waals surface area contributed by atoms with Crippen molar-refractivity contribution in [2.75, 3.05) is 20.0 Å². The summed E-state index contributed by atoms with van der Waals surface area (Å²) in [7, 11) is -1.73. The highest BCUT2D eigenvalue weighted by Crippen LogP contribution is 2.24. The Kier molecular flexibility index (Phi) is 5.64. The van der Waals surface area contributed by atoms with Crippen LogP contribution in [0.1, 0.15) is 9.67 Å². The second kappa shape index (κ2) is 7.61. The van der Waals surface area contributed by atoms with Crippen LogP contribution in [0.25, 0.3) is 10.2 Å². The molecule has 0 aliphatic heterocycles. The van der Waals surface area contributed by atoms with Crippen molar-refractivity contribution in [3.05, 3.63) is 44.3 Å². The Bertz CT molecular complexity index is 1140. The Morgan fingerprint density at radius 1 is 1.27 bits per heavy atom. The first-order chi connectivity index (χ1) is 12.3. The van der Waals surface area contributed by atoms with Crippen LogP contribution in [0.3, 0.4) is 0 Å². The molecular weight excluding hydrogens is 416 g/mol. The molecule has 26 heavy (non-hydrogen) atoms. The lowest BCUT2D eigenvalue weighted by atomic mass is 10.3. The van der Waals surface area contributed by atoms with E-state index in [2.05, 4.69) is 4.99 Å².